The number of likely N-dealkylation sites (tertiary alicyclic amines) is 1. The Kier molecular flexibility index (Phi) is 6.72. The molecule has 0 bridgehead atoms. The molecule has 1 fully saturated rings. The molecule has 1 N–H and O–H groups in total. The Labute approximate surface area is 175 Å². The van der Waals surface area contributed by atoms with Crippen LogP contribution in [-0.2, 0) is 18.4 Å². The first kappa shape index (κ1) is 20.8. The number of carbonyl (C=O) groups excluding carboxylic acids is 1. The van der Waals surface area contributed by atoms with E-state index in [0.717, 1.165) is 49.3 Å². The van der Waals surface area contributed by atoms with E-state index < -0.39 is 0 Å². The van der Waals surface area contributed by atoms with Crippen molar-refractivity contribution in [3.05, 3.63) is 33.1 Å². The Hall–Kier alpha value is -1.93. The predicted molar refractivity (Wildman–Crippen MR) is 113 cm³/mol. The number of piperidine rings is 1. The zero-order valence-corrected chi connectivity index (χ0v) is 18.2. The molecule has 3 heterocycles. The van der Waals surface area contributed by atoms with Gasteiger partial charge in [-0.15, -0.1) is 0 Å². The van der Waals surface area contributed by atoms with Crippen LogP contribution in [0.2, 0.25) is 5.15 Å². The Morgan fingerprint density at radius 3 is 2.71 bits per heavy atom. The van der Waals surface area contributed by atoms with Crippen molar-refractivity contribution in [1.29, 1.82) is 0 Å². The molecule has 0 aromatic carbocycles. The molecule has 152 valence electrons. The summed E-state index contributed by atoms with van der Waals surface area (Å²) in [6, 6.07) is 0. The predicted octanol–water partition coefficient (Wildman–Crippen LogP) is 3.86. The lowest BCUT2D eigenvalue weighted by molar-refractivity contribution is -0.127. The van der Waals surface area contributed by atoms with Crippen molar-refractivity contribution in [1.82, 2.24) is 29.4 Å². The summed E-state index contributed by atoms with van der Waals surface area (Å²) < 4.78 is 4.36. The lowest BCUT2D eigenvalue weighted by Gasteiger charge is -2.30. The minimum absolute atomic E-state index is 0.00517. The molecular formula is C19H27ClN6OS. The van der Waals surface area contributed by atoms with Gasteiger partial charge >= 0.3 is 0 Å². The van der Waals surface area contributed by atoms with Crippen molar-refractivity contribution in [3.8, 4) is 0 Å². The molecule has 0 atom stereocenters. The van der Waals surface area contributed by atoms with Crippen LogP contribution in [0.5, 0.6) is 0 Å². The maximum Gasteiger partial charge on any atom is 0.246 e. The number of H-pyrrole nitrogens is 1. The highest BCUT2D eigenvalue weighted by atomic mass is 35.5. The number of aromatic nitrogens is 5. The maximum atomic E-state index is 12.6. The van der Waals surface area contributed by atoms with E-state index >= 15 is 0 Å². The van der Waals surface area contributed by atoms with Gasteiger partial charge in [0.05, 0.1) is 5.69 Å². The molecule has 1 saturated heterocycles. The van der Waals surface area contributed by atoms with E-state index in [2.05, 4.69) is 22.2 Å². The fraction of sp³-hybridized carbons (Fsp3) is 0.579. The van der Waals surface area contributed by atoms with Gasteiger partial charge in [-0.3, -0.25) is 14.6 Å². The van der Waals surface area contributed by atoms with Gasteiger partial charge in [0.15, 0.2) is 4.77 Å². The third-order valence-electron chi connectivity index (χ3n) is 5.31. The molecule has 1 aliphatic heterocycles. The van der Waals surface area contributed by atoms with E-state index in [4.69, 9.17) is 23.8 Å². The second kappa shape index (κ2) is 9.05. The van der Waals surface area contributed by atoms with Crippen molar-refractivity contribution in [3.63, 3.8) is 0 Å². The van der Waals surface area contributed by atoms with Crippen LogP contribution in [0.25, 0.3) is 6.08 Å². The van der Waals surface area contributed by atoms with E-state index in [1.807, 2.05) is 28.1 Å². The zero-order chi connectivity index (χ0) is 20.3. The van der Waals surface area contributed by atoms with Crippen molar-refractivity contribution in [2.75, 3.05) is 13.1 Å². The fourth-order valence-electron chi connectivity index (χ4n) is 3.55. The van der Waals surface area contributed by atoms with Gasteiger partial charge in [-0.25, -0.2) is 0 Å². The molecule has 7 nitrogen and oxygen atoms in total. The summed E-state index contributed by atoms with van der Waals surface area (Å²) in [6.45, 7) is 6.25. The summed E-state index contributed by atoms with van der Waals surface area (Å²) in [5.41, 5.74) is 1.66. The number of rotatable bonds is 6. The summed E-state index contributed by atoms with van der Waals surface area (Å²) in [5.74, 6) is 1.29. The summed E-state index contributed by atoms with van der Waals surface area (Å²) in [7, 11) is 1.92. The van der Waals surface area contributed by atoms with Gasteiger partial charge < -0.3 is 9.47 Å². The molecule has 0 saturated carbocycles. The smallest absolute Gasteiger partial charge is 0.246 e. The van der Waals surface area contributed by atoms with Gasteiger partial charge in [-0.05, 0) is 44.5 Å². The molecular weight excluding hydrogens is 396 g/mol. The SMILES string of the molecule is CCCCn1nc(C)c(/C=C/C(=O)N2CCC(c3n[nH]c(=S)n3C)CC2)c1Cl. The summed E-state index contributed by atoms with van der Waals surface area (Å²) in [6.07, 6.45) is 7.26. The van der Waals surface area contributed by atoms with Gasteiger partial charge in [0, 0.05) is 44.2 Å². The highest BCUT2D eigenvalue weighted by molar-refractivity contribution is 7.71. The molecule has 0 spiro atoms. The highest BCUT2D eigenvalue weighted by Gasteiger charge is 2.25. The minimum atomic E-state index is 0.00517. The Bertz CT molecular complexity index is 919. The molecule has 2 aromatic heterocycles. The Balaban J connectivity index is 1.61. The second-order valence-electron chi connectivity index (χ2n) is 7.25. The summed E-state index contributed by atoms with van der Waals surface area (Å²) in [4.78, 5) is 14.5. The Morgan fingerprint density at radius 1 is 1.39 bits per heavy atom. The minimum Gasteiger partial charge on any atom is -0.339 e. The van der Waals surface area contributed by atoms with E-state index in [0.29, 0.717) is 28.9 Å². The number of carbonyl (C=O) groups is 1. The molecule has 1 amide bonds. The highest BCUT2D eigenvalue weighted by Crippen LogP contribution is 2.27. The molecule has 3 rings (SSSR count). The first-order valence-electron chi connectivity index (χ1n) is 9.73. The molecule has 0 aliphatic carbocycles. The van der Waals surface area contributed by atoms with Crippen LogP contribution in [0.1, 0.15) is 55.6 Å². The fourth-order valence-corrected chi connectivity index (χ4v) is 4.02. The molecule has 1 aliphatic rings. The summed E-state index contributed by atoms with van der Waals surface area (Å²) in [5, 5.41) is 12.2. The number of nitrogens with one attached hydrogen (secondary N) is 1. The number of aromatic amines is 1. The third-order valence-corrected chi connectivity index (χ3v) is 6.08. The van der Waals surface area contributed by atoms with Crippen LogP contribution in [0.4, 0.5) is 0 Å². The van der Waals surface area contributed by atoms with E-state index in [1.54, 1.807) is 12.2 Å². The van der Waals surface area contributed by atoms with E-state index in [1.165, 1.54) is 0 Å². The van der Waals surface area contributed by atoms with Crippen LogP contribution in [0.15, 0.2) is 6.08 Å². The van der Waals surface area contributed by atoms with Crippen molar-refractivity contribution in [2.45, 2.75) is 52.0 Å². The van der Waals surface area contributed by atoms with Crippen molar-refractivity contribution >= 4 is 35.8 Å². The zero-order valence-electron chi connectivity index (χ0n) is 16.6. The number of hydrogen-bond acceptors (Lipinski definition) is 4. The second-order valence-corrected chi connectivity index (χ2v) is 7.99. The number of halogens is 1. The van der Waals surface area contributed by atoms with Crippen molar-refractivity contribution < 1.29 is 4.79 Å². The molecule has 9 heteroatoms. The normalized spacial score (nSPS) is 15.6. The van der Waals surface area contributed by atoms with Gasteiger partial charge in [-0.2, -0.15) is 10.2 Å². The molecule has 0 radical (unpaired) electrons. The number of nitrogens with zero attached hydrogens (tertiary/aromatic N) is 5. The maximum absolute atomic E-state index is 12.6. The van der Waals surface area contributed by atoms with Crippen molar-refractivity contribution in [2.24, 2.45) is 7.05 Å². The largest absolute Gasteiger partial charge is 0.339 e. The first-order chi connectivity index (χ1) is 13.4. The monoisotopic (exact) mass is 422 g/mol. The van der Waals surface area contributed by atoms with Gasteiger partial charge in [0.2, 0.25) is 5.91 Å². The van der Waals surface area contributed by atoms with Crippen LogP contribution >= 0.6 is 23.8 Å². The first-order valence-corrected chi connectivity index (χ1v) is 10.5. The quantitative estimate of drug-likeness (QED) is 0.566. The number of unbranched alkanes of at least 4 members (excludes halogenated alkanes) is 1. The number of hydrogen-bond donors (Lipinski definition) is 1. The average Bonchev–Trinajstić information content (AvgIpc) is 3.17. The molecule has 0 unspecified atom stereocenters. The molecule has 2 aromatic rings. The van der Waals surface area contributed by atoms with Crippen LogP contribution in [0, 0.1) is 11.7 Å². The van der Waals surface area contributed by atoms with Gasteiger partial charge in [0.1, 0.15) is 11.0 Å². The Morgan fingerprint density at radius 2 is 2.11 bits per heavy atom. The van der Waals surface area contributed by atoms with Crippen LogP contribution in [0.3, 0.4) is 0 Å². The van der Waals surface area contributed by atoms with E-state index in [9.17, 15) is 4.79 Å². The van der Waals surface area contributed by atoms with Gasteiger partial charge in [0.25, 0.3) is 0 Å². The number of amides is 1. The number of aryl methyl sites for hydroxylation is 2. The molecule has 28 heavy (non-hydrogen) atoms. The topological polar surface area (TPSA) is 71.7 Å². The third kappa shape index (κ3) is 4.38. The average molecular weight is 423 g/mol. The standard InChI is InChI=1S/C19H27ClN6OS/c1-4-5-10-26-17(20)15(13(2)23-26)6-7-16(27)25-11-8-14(9-12-25)18-21-22-19(28)24(18)3/h6-7,14H,4-5,8-12H2,1-3H3,(H,22,28)/b7-6+. The lowest BCUT2D eigenvalue weighted by atomic mass is 9.96. The van der Waals surface area contributed by atoms with Crippen LogP contribution in [-0.4, -0.2) is 48.4 Å². The van der Waals surface area contributed by atoms with Crippen LogP contribution < -0.4 is 0 Å². The van der Waals surface area contributed by atoms with E-state index in [-0.39, 0.29) is 5.91 Å². The lowest BCUT2D eigenvalue weighted by Crippen LogP contribution is -2.37. The summed E-state index contributed by atoms with van der Waals surface area (Å²) >= 11 is 11.6. The van der Waals surface area contributed by atoms with Gasteiger partial charge in [-0.1, -0.05) is 24.9 Å².